The van der Waals surface area contributed by atoms with Crippen LogP contribution in [0.2, 0.25) is 0 Å². The summed E-state index contributed by atoms with van der Waals surface area (Å²) in [7, 11) is 0. The summed E-state index contributed by atoms with van der Waals surface area (Å²) in [5.41, 5.74) is 6.77. The standard InChI is InChI=1S/C16H26FN3/c1-14(13-18)3-2-8-19-9-11-20(12-10-19)16-6-4-15(17)5-7-16/h4-7,14H,2-3,8-13,18H2,1H3. The summed E-state index contributed by atoms with van der Waals surface area (Å²) in [5.74, 6) is 0.469. The molecule has 0 bridgehead atoms. The van der Waals surface area contributed by atoms with Crippen LogP contribution in [0.1, 0.15) is 19.8 Å². The number of halogens is 1. The molecule has 2 N–H and O–H groups in total. The van der Waals surface area contributed by atoms with E-state index in [9.17, 15) is 4.39 Å². The Morgan fingerprint density at radius 2 is 1.80 bits per heavy atom. The molecule has 1 atom stereocenters. The van der Waals surface area contributed by atoms with Gasteiger partial charge in [0.25, 0.3) is 0 Å². The molecule has 1 unspecified atom stereocenters. The molecule has 2 rings (SSSR count). The molecule has 20 heavy (non-hydrogen) atoms. The van der Waals surface area contributed by atoms with Gasteiger partial charge in [0, 0.05) is 31.9 Å². The predicted octanol–water partition coefficient (Wildman–Crippen LogP) is 2.32. The van der Waals surface area contributed by atoms with Gasteiger partial charge in [-0.2, -0.15) is 0 Å². The van der Waals surface area contributed by atoms with Gasteiger partial charge < -0.3 is 10.6 Å². The van der Waals surface area contributed by atoms with Crippen LogP contribution in [0.25, 0.3) is 0 Å². The molecule has 1 aromatic rings. The molecule has 3 nitrogen and oxygen atoms in total. The molecule has 0 radical (unpaired) electrons. The highest BCUT2D eigenvalue weighted by Crippen LogP contribution is 2.17. The summed E-state index contributed by atoms with van der Waals surface area (Å²) in [4.78, 5) is 4.85. The molecule has 1 saturated heterocycles. The third-order valence-corrected chi connectivity index (χ3v) is 4.14. The van der Waals surface area contributed by atoms with Gasteiger partial charge in [0.05, 0.1) is 0 Å². The number of piperazine rings is 1. The molecule has 1 aliphatic heterocycles. The molecular formula is C16H26FN3. The number of hydrogen-bond donors (Lipinski definition) is 1. The van der Waals surface area contributed by atoms with E-state index in [0.29, 0.717) is 5.92 Å². The van der Waals surface area contributed by atoms with Gasteiger partial charge in [-0.15, -0.1) is 0 Å². The lowest BCUT2D eigenvalue weighted by atomic mass is 10.1. The Balaban J connectivity index is 1.71. The largest absolute Gasteiger partial charge is 0.369 e. The van der Waals surface area contributed by atoms with E-state index < -0.39 is 0 Å². The lowest BCUT2D eigenvalue weighted by Gasteiger charge is -2.36. The van der Waals surface area contributed by atoms with Crippen molar-refractivity contribution in [3.63, 3.8) is 0 Å². The number of hydrogen-bond acceptors (Lipinski definition) is 3. The summed E-state index contributed by atoms with van der Waals surface area (Å²) >= 11 is 0. The number of benzene rings is 1. The first-order valence-electron chi connectivity index (χ1n) is 7.62. The lowest BCUT2D eigenvalue weighted by Crippen LogP contribution is -2.46. The second-order valence-corrected chi connectivity index (χ2v) is 5.79. The quantitative estimate of drug-likeness (QED) is 0.867. The van der Waals surface area contributed by atoms with Crippen molar-refractivity contribution in [3.05, 3.63) is 30.1 Å². The summed E-state index contributed by atoms with van der Waals surface area (Å²) in [6, 6.07) is 6.81. The van der Waals surface area contributed by atoms with E-state index >= 15 is 0 Å². The van der Waals surface area contributed by atoms with E-state index in [1.54, 1.807) is 0 Å². The molecule has 4 heteroatoms. The minimum absolute atomic E-state index is 0.165. The van der Waals surface area contributed by atoms with Crippen molar-refractivity contribution in [2.45, 2.75) is 19.8 Å². The first-order valence-corrected chi connectivity index (χ1v) is 7.62. The molecular weight excluding hydrogens is 253 g/mol. The van der Waals surface area contributed by atoms with Gasteiger partial charge in [-0.3, -0.25) is 4.90 Å². The van der Waals surface area contributed by atoms with Gasteiger partial charge in [0.2, 0.25) is 0 Å². The van der Waals surface area contributed by atoms with Crippen LogP contribution in [-0.2, 0) is 0 Å². The van der Waals surface area contributed by atoms with Gasteiger partial charge >= 0.3 is 0 Å². The van der Waals surface area contributed by atoms with Crippen molar-refractivity contribution < 1.29 is 4.39 Å². The third-order valence-electron chi connectivity index (χ3n) is 4.14. The van der Waals surface area contributed by atoms with Crippen molar-refractivity contribution in [2.75, 3.05) is 44.2 Å². The molecule has 1 aliphatic rings. The fourth-order valence-electron chi connectivity index (χ4n) is 2.66. The van der Waals surface area contributed by atoms with Crippen LogP contribution >= 0.6 is 0 Å². The molecule has 0 aromatic heterocycles. The summed E-state index contributed by atoms with van der Waals surface area (Å²) < 4.78 is 12.9. The highest BCUT2D eigenvalue weighted by Gasteiger charge is 2.16. The zero-order valence-electron chi connectivity index (χ0n) is 12.4. The Morgan fingerprint density at radius 3 is 2.40 bits per heavy atom. The lowest BCUT2D eigenvalue weighted by molar-refractivity contribution is 0.248. The Hall–Kier alpha value is -1.13. The average Bonchev–Trinajstić information content (AvgIpc) is 2.48. The van der Waals surface area contributed by atoms with Crippen molar-refractivity contribution >= 4 is 5.69 Å². The fraction of sp³-hybridized carbons (Fsp3) is 0.625. The first-order chi connectivity index (χ1) is 9.69. The molecule has 1 fully saturated rings. The van der Waals surface area contributed by atoms with Crippen LogP contribution < -0.4 is 10.6 Å². The minimum atomic E-state index is -0.165. The van der Waals surface area contributed by atoms with Gasteiger partial charge in [-0.1, -0.05) is 6.92 Å². The maximum absolute atomic E-state index is 12.9. The van der Waals surface area contributed by atoms with Crippen LogP contribution in [0.5, 0.6) is 0 Å². The Kier molecular flexibility index (Phi) is 5.80. The smallest absolute Gasteiger partial charge is 0.123 e. The molecule has 1 heterocycles. The Morgan fingerprint density at radius 1 is 1.15 bits per heavy atom. The third kappa shape index (κ3) is 4.46. The molecule has 0 aliphatic carbocycles. The first kappa shape index (κ1) is 15.3. The second-order valence-electron chi connectivity index (χ2n) is 5.79. The van der Waals surface area contributed by atoms with Crippen LogP contribution in [0, 0.1) is 11.7 Å². The van der Waals surface area contributed by atoms with Crippen LogP contribution in [0.3, 0.4) is 0 Å². The average molecular weight is 279 g/mol. The van der Waals surface area contributed by atoms with E-state index in [4.69, 9.17) is 5.73 Å². The van der Waals surface area contributed by atoms with Crippen molar-refractivity contribution in [3.8, 4) is 0 Å². The monoisotopic (exact) mass is 279 g/mol. The van der Waals surface area contributed by atoms with E-state index in [2.05, 4.69) is 16.7 Å². The summed E-state index contributed by atoms with van der Waals surface area (Å²) in [6.07, 6.45) is 2.45. The van der Waals surface area contributed by atoms with Crippen molar-refractivity contribution in [1.82, 2.24) is 4.90 Å². The number of nitrogens with two attached hydrogens (primary N) is 1. The SMILES string of the molecule is CC(CN)CCCN1CCN(c2ccc(F)cc2)CC1. The van der Waals surface area contributed by atoms with E-state index in [-0.39, 0.29) is 5.82 Å². The van der Waals surface area contributed by atoms with Crippen molar-refractivity contribution in [2.24, 2.45) is 11.7 Å². The molecule has 0 amide bonds. The topological polar surface area (TPSA) is 32.5 Å². The normalized spacial score (nSPS) is 18.2. The molecule has 0 saturated carbocycles. The molecule has 1 aromatic carbocycles. The maximum atomic E-state index is 12.9. The van der Waals surface area contributed by atoms with Crippen LogP contribution in [0.15, 0.2) is 24.3 Å². The van der Waals surface area contributed by atoms with Gasteiger partial charge in [0.1, 0.15) is 5.82 Å². The zero-order valence-corrected chi connectivity index (χ0v) is 12.4. The van der Waals surface area contributed by atoms with E-state index in [0.717, 1.165) is 38.4 Å². The summed E-state index contributed by atoms with van der Waals surface area (Å²) in [5, 5.41) is 0. The highest BCUT2D eigenvalue weighted by molar-refractivity contribution is 5.46. The van der Waals surface area contributed by atoms with Gasteiger partial charge in [0.15, 0.2) is 0 Å². The van der Waals surface area contributed by atoms with Gasteiger partial charge in [-0.25, -0.2) is 4.39 Å². The highest BCUT2D eigenvalue weighted by atomic mass is 19.1. The number of anilines is 1. The Labute approximate surface area is 121 Å². The van der Waals surface area contributed by atoms with E-state index in [1.807, 2.05) is 12.1 Å². The predicted molar refractivity (Wildman–Crippen MR) is 82.5 cm³/mol. The minimum Gasteiger partial charge on any atom is -0.369 e. The van der Waals surface area contributed by atoms with E-state index in [1.165, 1.54) is 31.5 Å². The number of rotatable bonds is 6. The molecule has 0 spiro atoms. The maximum Gasteiger partial charge on any atom is 0.123 e. The Bertz CT molecular complexity index is 385. The zero-order chi connectivity index (χ0) is 14.4. The second kappa shape index (κ2) is 7.60. The number of nitrogens with zero attached hydrogens (tertiary/aromatic N) is 2. The van der Waals surface area contributed by atoms with Crippen molar-refractivity contribution in [1.29, 1.82) is 0 Å². The molecule has 112 valence electrons. The van der Waals surface area contributed by atoms with Gasteiger partial charge in [-0.05, 0) is 56.1 Å². The van der Waals surface area contributed by atoms with Crippen LogP contribution in [-0.4, -0.2) is 44.2 Å². The summed E-state index contributed by atoms with van der Waals surface area (Å²) in [6.45, 7) is 8.41. The van der Waals surface area contributed by atoms with Crippen LogP contribution in [0.4, 0.5) is 10.1 Å². The fourth-order valence-corrected chi connectivity index (χ4v) is 2.66.